The molecule has 0 aromatic heterocycles. The number of nitrogens with one attached hydrogen (secondary N) is 1. The average Bonchev–Trinajstić information content (AvgIpc) is 2.40. The molecule has 4 nitrogen and oxygen atoms in total. The largest absolute Gasteiger partial charge is 0.306 e. The number of hydrogen-bond donors (Lipinski definition) is 1. The molecular weight excluding hydrogens is 224 g/mol. The van der Waals surface area contributed by atoms with Crippen LogP contribution in [0.4, 0.5) is 0 Å². The molecule has 0 spiro atoms. The molecule has 2 saturated heterocycles. The van der Waals surface area contributed by atoms with Crippen LogP contribution in [0, 0.1) is 0 Å². The SMILES string of the molecule is CN1CCCC(NC2(C)CCS(=O)(=O)C2)C1. The Labute approximate surface area is 98.3 Å². The van der Waals surface area contributed by atoms with Gasteiger partial charge in [0.15, 0.2) is 9.84 Å². The first-order valence-corrected chi connectivity index (χ1v) is 7.87. The van der Waals surface area contributed by atoms with Crippen molar-refractivity contribution in [2.45, 2.75) is 37.8 Å². The van der Waals surface area contributed by atoms with Gasteiger partial charge in [0.25, 0.3) is 0 Å². The number of nitrogens with zero attached hydrogens (tertiary/aromatic N) is 1. The van der Waals surface area contributed by atoms with Crippen LogP contribution in [0.15, 0.2) is 0 Å². The molecule has 16 heavy (non-hydrogen) atoms. The maximum atomic E-state index is 11.5. The van der Waals surface area contributed by atoms with Crippen molar-refractivity contribution in [1.29, 1.82) is 0 Å². The molecule has 2 unspecified atom stereocenters. The Balaban J connectivity index is 1.94. The summed E-state index contributed by atoms with van der Waals surface area (Å²) in [5.74, 6) is 0.652. The lowest BCUT2D eigenvalue weighted by atomic mass is 9.97. The highest BCUT2D eigenvalue weighted by atomic mass is 32.2. The van der Waals surface area contributed by atoms with Crippen LogP contribution in [-0.4, -0.2) is 56.5 Å². The molecule has 2 rings (SSSR count). The molecular formula is C11H22N2O2S. The van der Waals surface area contributed by atoms with Gasteiger partial charge in [-0.25, -0.2) is 8.42 Å². The maximum absolute atomic E-state index is 11.5. The second-order valence-electron chi connectivity index (χ2n) is 5.65. The van der Waals surface area contributed by atoms with E-state index >= 15 is 0 Å². The fourth-order valence-corrected chi connectivity index (χ4v) is 5.01. The Hall–Kier alpha value is -0.130. The van der Waals surface area contributed by atoms with Gasteiger partial charge in [0.05, 0.1) is 11.5 Å². The highest BCUT2D eigenvalue weighted by molar-refractivity contribution is 7.91. The predicted molar refractivity (Wildman–Crippen MR) is 65.3 cm³/mol. The minimum absolute atomic E-state index is 0.193. The molecule has 5 heteroatoms. The molecule has 94 valence electrons. The van der Waals surface area contributed by atoms with E-state index in [4.69, 9.17) is 0 Å². The summed E-state index contributed by atoms with van der Waals surface area (Å²) in [5, 5.41) is 3.56. The topological polar surface area (TPSA) is 49.4 Å². The van der Waals surface area contributed by atoms with Gasteiger partial charge in [0.1, 0.15) is 0 Å². The summed E-state index contributed by atoms with van der Waals surface area (Å²) in [4.78, 5) is 2.31. The van der Waals surface area contributed by atoms with Gasteiger partial charge < -0.3 is 10.2 Å². The molecule has 0 aliphatic carbocycles. The van der Waals surface area contributed by atoms with Gasteiger partial charge in [-0.05, 0) is 39.8 Å². The molecule has 1 N–H and O–H groups in total. The molecule has 2 aliphatic rings. The molecule has 0 radical (unpaired) electrons. The smallest absolute Gasteiger partial charge is 0.152 e. The van der Waals surface area contributed by atoms with Crippen LogP contribution in [0.5, 0.6) is 0 Å². The molecule has 2 heterocycles. The number of rotatable bonds is 2. The van der Waals surface area contributed by atoms with Crippen molar-refractivity contribution in [1.82, 2.24) is 10.2 Å². The van der Waals surface area contributed by atoms with Crippen molar-refractivity contribution >= 4 is 9.84 Å². The van der Waals surface area contributed by atoms with E-state index in [0.717, 1.165) is 19.5 Å². The van der Waals surface area contributed by atoms with Gasteiger partial charge in [0, 0.05) is 18.1 Å². The lowest BCUT2D eigenvalue weighted by Gasteiger charge is -2.36. The van der Waals surface area contributed by atoms with E-state index < -0.39 is 9.84 Å². The summed E-state index contributed by atoms with van der Waals surface area (Å²) in [6.45, 7) is 4.25. The fraction of sp³-hybridized carbons (Fsp3) is 1.00. The Morgan fingerprint density at radius 3 is 2.75 bits per heavy atom. The zero-order valence-electron chi connectivity index (χ0n) is 10.2. The maximum Gasteiger partial charge on any atom is 0.152 e. The summed E-state index contributed by atoms with van der Waals surface area (Å²) in [7, 11) is -0.668. The van der Waals surface area contributed by atoms with E-state index in [1.807, 2.05) is 6.92 Å². The number of sulfone groups is 1. The van der Waals surface area contributed by atoms with Crippen molar-refractivity contribution in [3.05, 3.63) is 0 Å². The Morgan fingerprint density at radius 1 is 1.44 bits per heavy atom. The lowest BCUT2D eigenvalue weighted by Crippen LogP contribution is -2.54. The van der Waals surface area contributed by atoms with Gasteiger partial charge in [-0.2, -0.15) is 0 Å². The van der Waals surface area contributed by atoms with E-state index in [-0.39, 0.29) is 5.54 Å². The van der Waals surface area contributed by atoms with Crippen molar-refractivity contribution < 1.29 is 8.42 Å². The van der Waals surface area contributed by atoms with Crippen molar-refractivity contribution in [2.24, 2.45) is 0 Å². The minimum Gasteiger partial charge on any atom is -0.306 e. The van der Waals surface area contributed by atoms with Crippen LogP contribution in [0.1, 0.15) is 26.2 Å². The lowest BCUT2D eigenvalue weighted by molar-refractivity contribution is 0.198. The molecule has 2 aliphatic heterocycles. The van der Waals surface area contributed by atoms with E-state index in [9.17, 15) is 8.42 Å². The van der Waals surface area contributed by atoms with Crippen LogP contribution in [-0.2, 0) is 9.84 Å². The van der Waals surface area contributed by atoms with Crippen LogP contribution < -0.4 is 5.32 Å². The van der Waals surface area contributed by atoms with Gasteiger partial charge in [0.2, 0.25) is 0 Å². The van der Waals surface area contributed by atoms with Crippen LogP contribution in [0.2, 0.25) is 0 Å². The van der Waals surface area contributed by atoms with Crippen molar-refractivity contribution in [2.75, 3.05) is 31.6 Å². The number of hydrogen-bond acceptors (Lipinski definition) is 4. The molecule has 0 aromatic rings. The summed E-state index contributed by atoms with van der Waals surface area (Å²) >= 11 is 0. The van der Waals surface area contributed by atoms with Crippen LogP contribution in [0.25, 0.3) is 0 Å². The van der Waals surface area contributed by atoms with Gasteiger partial charge in [-0.15, -0.1) is 0 Å². The summed E-state index contributed by atoms with van der Waals surface area (Å²) in [6.07, 6.45) is 3.13. The normalized spacial score (nSPS) is 40.0. The second kappa shape index (κ2) is 4.27. The quantitative estimate of drug-likeness (QED) is 0.759. The van der Waals surface area contributed by atoms with Gasteiger partial charge in [-0.1, -0.05) is 0 Å². The summed E-state index contributed by atoms with van der Waals surface area (Å²) < 4.78 is 23.0. The van der Waals surface area contributed by atoms with Crippen LogP contribution in [0.3, 0.4) is 0 Å². The third-order valence-electron chi connectivity index (χ3n) is 3.68. The molecule has 2 fully saturated rings. The molecule has 0 aromatic carbocycles. The third kappa shape index (κ3) is 2.96. The Bertz CT molecular complexity index is 355. The van der Waals surface area contributed by atoms with Gasteiger partial charge in [-0.3, -0.25) is 0 Å². The monoisotopic (exact) mass is 246 g/mol. The zero-order chi connectivity index (χ0) is 11.8. The Morgan fingerprint density at radius 2 is 2.19 bits per heavy atom. The standard InChI is InChI=1S/C11H22N2O2S/c1-11(5-7-16(14,15)9-11)12-10-4-3-6-13(2)8-10/h10,12H,3-9H2,1-2H3. The van der Waals surface area contributed by atoms with E-state index in [1.165, 1.54) is 12.8 Å². The highest BCUT2D eigenvalue weighted by Crippen LogP contribution is 2.24. The Kier molecular flexibility index (Phi) is 3.29. The first-order valence-electron chi connectivity index (χ1n) is 6.05. The zero-order valence-corrected chi connectivity index (χ0v) is 11.0. The summed E-state index contributed by atoms with van der Waals surface area (Å²) in [5.41, 5.74) is -0.193. The number of likely N-dealkylation sites (tertiary alicyclic amines) is 1. The first kappa shape index (κ1) is 12.3. The van der Waals surface area contributed by atoms with Crippen molar-refractivity contribution in [3.63, 3.8) is 0 Å². The first-order chi connectivity index (χ1) is 7.39. The second-order valence-corrected chi connectivity index (χ2v) is 7.83. The molecule has 0 bridgehead atoms. The highest BCUT2D eigenvalue weighted by Gasteiger charge is 2.39. The number of likely N-dealkylation sites (N-methyl/N-ethyl adjacent to an activating group) is 1. The van der Waals surface area contributed by atoms with Gasteiger partial charge >= 0.3 is 0 Å². The van der Waals surface area contributed by atoms with E-state index in [1.54, 1.807) is 0 Å². The van der Waals surface area contributed by atoms with Crippen molar-refractivity contribution in [3.8, 4) is 0 Å². The fourth-order valence-electron chi connectivity index (χ4n) is 2.90. The summed E-state index contributed by atoms with van der Waals surface area (Å²) in [6, 6.07) is 0.456. The molecule has 0 saturated carbocycles. The average molecular weight is 246 g/mol. The number of piperidine rings is 1. The van der Waals surface area contributed by atoms with Crippen LogP contribution >= 0.6 is 0 Å². The molecule has 0 amide bonds. The van der Waals surface area contributed by atoms with E-state index in [2.05, 4.69) is 17.3 Å². The predicted octanol–water partition coefficient (Wildman–Crippen LogP) is 0.247. The third-order valence-corrected chi connectivity index (χ3v) is 5.58. The molecule has 2 atom stereocenters. The van der Waals surface area contributed by atoms with E-state index in [0.29, 0.717) is 17.5 Å². The minimum atomic E-state index is -2.79.